The van der Waals surface area contributed by atoms with Gasteiger partial charge in [-0.2, -0.15) is 0 Å². The SMILES string of the molecule is CC(OC(=O)C(C)C)OP(=O)(Oc1cccc2[nH]cc(CCN(C)C)c12)OC(C)OC(=O)C(C)C. The average molecular weight is 513 g/mol. The Balaban J connectivity index is 2.36. The number of aromatic nitrogens is 1. The van der Waals surface area contributed by atoms with Crippen molar-refractivity contribution in [2.24, 2.45) is 11.8 Å². The summed E-state index contributed by atoms with van der Waals surface area (Å²) in [4.78, 5) is 29.2. The molecule has 35 heavy (non-hydrogen) atoms. The van der Waals surface area contributed by atoms with E-state index in [0.29, 0.717) is 6.42 Å². The molecule has 11 heteroatoms. The first-order valence-corrected chi connectivity index (χ1v) is 13.1. The highest BCUT2D eigenvalue weighted by Crippen LogP contribution is 2.53. The number of nitrogens with one attached hydrogen (secondary N) is 1. The van der Waals surface area contributed by atoms with Crippen molar-refractivity contribution < 1.29 is 37.2 Å². The first-order chi connectivity index (χ1) is 16.3. The van der Waals surface area contributed by atoms with Crippen molar-refractivity contribution in [2.45, 2.75) is 60.5 Å². The fraction of sp³-hybridized carbons (Fsp3) is 0.583. The molecule has 1 heterocycles. The highest BCUT2D eigenvalue weighted by molar-refractivity contribution is 7.49. The van der Waals surface area contributed by atoms with Gasteiger partial charge in [0, 0.05) is 23.6 Å². The third kappa shape index (κ3) is 8.65. The van der Waals surface area contributed by atoms with Crippen molar-refractivity contribution >= 4 is 30.7 Å². The smallest absolute Gasteiger partial charge is 0.435 e. The van der Waals surface area contributed by atoms with E-state index in [0.717, 1.165) is 23.0 Å². The van der Waals surface area contributed by atoms with Crippen LogP contribution in [0, 0.1) is 11.8 Å². The molecular weight excluding hydrogens is 475 g/mol. The lowest BCUT2D eigenvalue weighted by atomic mass is 10.1. The number of rotatable bonds is 13. The van der Waals surface area contributed by atoms with Crippen LogP contribution in [0.15, 0.2) is 24.4 Å². The predicted molar refractivity (Wildman–Crippen MR) is 132 cm³/mol. The number of likely N-dealkylation sites (N-methyl/N-ethyl adjacent to an activating group) is 1. The third-order valence-electron chi connectivity index (χ3n) is 4.85. The molecule has 10 nitrogen and oxygen atoms in total. The van der Waals surface area contributed by atoms with Crippen molar-refractivity contribution in [3.05, 3.63) is 30.0 Å². The Morgan fingerprint density at radius 2 is 1.49 bits per heavy atom. The van der Waals surface area contributed by atoms with Crippen molar-refractivity contribution in [1.82, 2.24) is 9.88 Å². The van der Waals surface area contributed by atoms with E-state index in [1.807, 2.05) is 26.4 Å². The number of aromatic amines is 1. The summed E-state index contributed by atoms with van der Waals surface area (Å²) in [5.41, 5.74) is 1.73. The number of esters is 2. The minimum absolute atomic E-state index is 0.255. The minimum atomic E-state index is -4.44. The van der Waals surface area contributed by atoms with E-state index in [9.17, 15) is 14.2 Å². The Kier molecular flexibility index (Phi) is 10.3. The summed E-state index contributed by atoms with van der Waals surface area (Å²) >= 11 is 0. The highest BCUT2D eigenvalue weighted by Gasteiger charge is 2.37. The molecule has 1 N–H and O–H groups in total. The number of phosphoric acid groups is 1. The summed E-state index contributed by atoms with van der Waals surface area (Å²) in [5.74, 6) is -1.66. The first kappa shape index (κ1) is 28.8. The molecule has 0 bridgehead atoms. The van der Waals surface area contributed by atoms with Crippen molar-refractivity contribution in [1.29, 1.82) is 0 Å². The van der Waals surface area contributed by atoms with Crippen LogP contribution >= 0.6 is 7.82 Å². The lowest BCUT2D eigenvalue weighted by molar-refractivity contribution is -0.173. The molecule has 0 saturated heterocycles. The predicted octanol–water partition coefficient (Wildman–Crippen LogP) is 4.88. The number of carbonyl (C=O) groups excluding carboxylic acids is 2. The van der Waals surface area contributed by atoms with E-state index in [1.165, 1.54) is 13.8 Å². The Labute approximate surface area is 206 Å². The minimum Gasteiger partial charge on any atom is -0.435 e. The van der Waals surface area contributed by atoms with Gasteiger partial charge in [0.05, 0.1) is 11.8 Å². The van der Waals surface area contributed by atoms with E-state index in [-0.39, 0.29) is 5.75 Å². The van der Waals surface area contributed by atoms with Crippen LogP contribution in [-0.2, 0) is 39.1 Å². The molecule has 0 aliphatic carbocycles. The summed E-state index contributed by atoms with van der Waals surface area (Å²) < 4.78 is 41.0. The van der Waals surface area contributed by atoms with Crippen LogP contribution in [0.25, 0.3) is 10.9 Å². The number of nitrogens with zero attached hydrogens (tertiary/aromatic N) is 1. The van der Waals surface area contributed by atoms with Crippen molar-refractivity contribution in [3.8, 4) is 5.75 Å². The maximum atomic E-state index is 13.8. The van der Waals surface area contributed by atoms with E-state index < -0.39 is 44.2 Å². The number of phosphoric ester groups is 1. The van der Waals surface area contributed by atoms with Gasteiger partial charge < -0.3 is 23.9 Å². The molecule has 0 saturated carbocycles. The lowest BCUT2D eigenvalue weighted by Gasteiger charge is -2.25. The van der Waals surface area contributed by atoms with Gasteiger partial charge in [0.1, 0.15) is 5.75 Å². The summed E-state index contributed by atoms with van der Waals surface area (Å²) in [6.07, 6.45) is 0.0857. The number of H-pyrrole nitrogens is 1. The molecule has 0 radical (unpaired) electrons. The van der Waals surface area contributed by atoms with Crippen LogP contribution < -0.4 is 4.52 Å². The number of carbonyl (C=O) groups is 2. The Morgan fingerprint density at radius 1 is 0.943 bits per heavy atom. The van der Waals surface area contributed by atoms with E-state index in [1.54, 1.807) is 39.8 Å². The number of hydrogen-bond donors (Lipinski definition) is 1. The Morgan fingerprint density at radius 3 is 1.97 bits per heavy atom. The van der Waals surface area contributed by atoms with Gasteiger partial charge in [0.2, 0.25) is 12.6 Å². The normalized spacial score (nSPS) is 15.3. The summed E-state index contributed by atoms with van der Waals surface area (Å²) in [7, 11) is -0.495. The van der Waals surface area contributed by atoms with Gasteiger partial charge in [-0.25, -0.2) is 13.6 Å². The molecule has 2 unspecified atom stereocenters. The molecule has 196 valence electrons. The summed E-state index contributed by atoms with van der Waals surface area (Å²) in [6, 6.07) is 5.25. The monoisotopic (exact) mass is 512 g/mol. The van der Waals surface area contributed by atoms with Gasteiger partial charge in [0.15, 0.2) is 0 Å². The van der Waals surface area contributed by atoms with Gasteiger partial charge in [0.25, 0.3) is 0 Å². The molecule has 1 aromatic carbocycles. The largest absolute Gasteiger partial charge is 0.536 e. The molecule has 0 fully saturated rings. The number of hydrogen-bond acceptors (Lipinski definition) is 9. The van der Waals surface area contributed by atoms with Gasteiger partial charge >= 0.3 is 19.8 Å². The molecule has 0 aliphatic heterocycles. The molecule has 2 aromatic rings. The van der Waals surface area contributed by atoms with Gasteiger partial charge in [-0.05, 0) is 52.1 Å². The number of benzene rings is 1. The van der Waals surface area contributed by atoms with Gasteiger partial charge in [-0.1, -0.05) is 33.8 Å². The van der Waals surface area contributed by atoms with Crippen LogP contribution in [0.4, 0.5) is 0 Å². The molecule has 0 aliphatic rings. The maximum Gasteiger partial charge on any atom is 0.536 e. The second-order valence-corrected chi connectivity index (χ2v) is 10.6. The summed E-state index contributed by atoms with van der Waals surface area (Å²) in [6.45, 7) is 10.3. The van der Waals surface area contributed by atoms with Gasteiger partial charge in [-0.15, -0.1) is 0 Å². The van der Waals surface area contributed by atoms with Crippen LogP contribution in [0.2, 0.25) is 0 Å². The quantitative estimate of drug-likeness (QED) is 0.228. The zero-order chi connectivity index (χ0) is 26.3. The van der Waals surface area contributed by atoms with E-state index in [2.05, 4.69) is 9.88 Å². The second kappa shape index (κ2) is 12.5. The van der Waals surface area contributed by atoms with Crippen LogP contribution in [0.5, 0.6) is 5.75 Å². The summed E-state index contributed by atoms with van der Waals surface area (Å²) in [5, 5.41) is 0.723. The molecule has 2 atom stereocenters. The molecule has 2 rings (SSSR count). The fourth-order valence-corrected chi connectivity index (χ4v) is 4.37. The standard InChI is InChI=1S/C24H37N2O8P/c1-15(2)23(27)30-17(5)32-35(29,33-18(6)31-24(28)16(3)4)34-21-11-9-10-20-22(21)19(14-25-20)12-13-26(7)8/h9-11,14-18,25H,12-13H2,1-8H3. The van der Waals surface area contributed by atoms with Crippen LogP contribution in [0.3, 0.4) is 0 Å². The topological polar surface area (TPSA) is 116 Å². The van der Waals surface area contributed by atoms with Crippen molar-refractivity contribution in [2.75, 3.05) is 20.6 Å². The van der Waals surface area contributed by atoms with Crippen molar-refractivity contribution in [3.63, 3.8) is 0 Å². The van der Waals surface area contributed by atoms with Gasteiger partial charge in [-0.3, -0.25) is 9.59 Å². The third-order valence-corrected chi connectivity index (χ3v) is 6.38. The average Bonchev–Trinajstić information content (AvgIpc) is 3.15. The molecular formula is C24H37N2O8P. The number of ether oxygens (including phenoxy) is 2. The lowest BCUT2D eigenvalue weighted by Crippen LogP contribution is -2.25. The maximum absolute atomic E-state index is 13.8. The van der Waals surface area contributed by atoms with Crippen LogP contribution in [-0.4, -0.2) is 55.0 Å². The molecule has 0 spiro atoms. The zero-order valence-corrected chi connectivity index (χ0v) is 22.6. The zero-order valence-electron chi connectivity index (χ0n) is 21.7. The second-order valence-electron chi connectivity index (χ2n) is 9.11. The van der Waals surface area contributed by atoms with E-state index in [4.69, 9.17) is 23.0 Å². The Bertz CT molecular complexity index is 1020. The molecule has 0 amide bonds. The van der Waals surface area contributed by atoms with E-state index >= 15 is 0 Å². The fourth-order valence-electron chi connectivity index (χ4n) is 3.03. The first-order valence-electron chi connectivity index (χ1n) is 11.6. The van der Waals surface area contributed by atoms with Crippen LogP contribution in [0.1, 0.15) is 47.1 Å². The molecule has 1 aromatic heterocycles. The Hall–Kier alpha value is -2.39. The number of fused-ring (bicyclic) bond motifs is 1. The highest BCUT2D eigenvalue weighted by atomic mass is 31.2.